The first-order chi connectivity index (χ1) is 16.2. The Morgan fingerprint density at radius 3 is 2.39 bits per heavy atom. The molecule has 2 aliphatic heterocycles. The highest BCUT2D eigenvalue weighted by Gasteiger charge is 2.55. The maximum absolute atomic E-state index is 13.4. The third kappa shape index (κ3) is 4.06. The van der Waals surface area contributed by atoms with Crippen molar-refractivity contribution < 1.29 is 19.7 Å². The van der Waals surface area contributed by atoms with Gasteiger partial charge in [-0.1, -0.05) is 48.5 Å². The van der Waals surface area contributed by atoms with Crippen LogP contribution < -0.4 is 15.6 Å². The van der Waals surface area contributed by atoms with Crippen LogP contribution in [0.1, 0.15) is 29.6 Å². The first-order valence-electron chi connectivity index (χ1n) is 11.2. The van der Waals surface area contributed by atoms with E-state index in [1.165, 1.54) is 0 Å². The number of aliphatic hydroxyl groups excluding tert-OH is 1. The van der Waals surface area contributed by atoms with Crippen LogP contribution in [0.15, 0.2) is 78.9 Å². The van der Waals surface area contributed by atoms with Crippen LogP contribution in [0.3, 0.4) is 0 Å². The fourth-order valence-corrected chi connectivity index (χ4v) is 4.99. The smallest absolute Gasteiger partial charge is 0.242 e. The lowest BCUT2D eigenvalue weighted by Crippen LogP contribution is -2.41. The Hall–Kier alpha value is -3.39. The van der Waals surface area contributed by atoms with Gasteiger partial charge < -0.3 is 19.8 Å². The summed E-state index contributed by atoms with van der Waals surface area (Å²) in [5, 5.41) is 19.9. The highest BCUT2D eigenvalue weighted by Crippen LogP contribution is 2.49. The van der Waals surface area contributed by atoms with E-state index in [1.54, 1.807) is 12.1 Å². The van der Waals surface area contributed by atoms with Gasteiger partial charge in [-0.05, 0) is 42.3 Å². The minimum absolute atomic E-state index is 0.0115. The van der Waals surface area contributed by atoms with Crippen molar-refractivity contribution in [1.82, 2.24) is 15.8 Å². The SMILES string of the molecule is O=C1C2NNC(c3ccccc3O)C2C(c2cccc(Oc3ccccc3)c2)N1CCCO. The number of aromatic hydroxyl groups is 1. The number of benzene rings is 3. The molecule has 4 N–H and O–H groups in total. The van der Waals surface area contributed by atoms with E-state index in [4.69, 9.17) is 4.74 Å². The van der Waals surface area contributed by atoms with Gasteiger partial charge in [-0.3, -0.25) is 4.79 Å². The predicted molar refractivity (Wildman–Crippen MR) is 124 cm³/mol. The van der Waals surface area contributed by atoms with Gasteiger partial charge in [0, 0.05) is 24.6 Å². The quantitative estimate of drug-likeness (QED) is 0.446. The maximum Gasteiger partial charge on any atom is 0.242 e. The van der Waals surface area contributed by atoms with Crippen molar-refractivity contribution >= 4 is 5.91 Å². The van der Waals surface area contributed by atoms with Gasteiger partial charge in [-0.2, -0.15) is 0 Å². The summed E-state index contributed by atoms with van der Waals surface area (Å²) in [6.07, 6.45) is 0.497. The molecule has 3 aromatic rings. The van der Waals surface area contributed by atoms with Crippen molar-refractivity contribution in [3.63, 3.8) is 0 Å². The monoisotopic (exact) mass is 445 g/mol. The number of phenols is 1. The highest BCUT2D eigenvalue weighted by molar-refractivity contribution is 5.86. The van der Waals surface area contributed by atoms with Crippen molar-refractivity contribution in [3.8, 4) is 17.2 Å². The Balaban J connectivity index is 1.53. The molecule has 0 spiro atoms. The van der Waals surface area contributed by atoms with Crippen molar-refractivity contribution in [2.45, 2.75) is 24.5 Å². The molecule has 4 atom stereocenters. The molecule has 7 heteroatoms. The van der Waals surface area contributed by atoms with Gasteiger partial charge in [0.15, 0.2) is 0 Å². The van der Waals surface area contributed by atoms with Gasteiger partial charge in [0.05, 0.1) is 12.1 Å². The van der Waals surface area contributed by atoms with E-state index in [2.05, 4.69) is 10.9 Å². The normalized spacial score (nSPS) is 24.2. The molecule has 170 valence electrons. The molecule has 2 heterocycles. The predicted octanol–water partition coefficient (Wildman–Crippen LogP) is 3.28. The van der Waals surface area contributed by atoms with E-state index in [1.807, 2.05) is 71.6 Å². The zero-order valence-electron chi connectivity index (χ0n) is 18.1. The molecule has 2 saturated heterocycles. The maximum atomic E-state index is 13.4. The minimum atomic E-state index is -0.433. The second-order valence-corrected chi connectivity index (χ2v) is 8.42. The molecule has 5 rings (SSSR count). The van der Waals surface area contributed by atoms with Gasteiger partial charge in [0.2, 0.25) is 5.91 Å². The largest absolute Gasteiger partial charge is 0.508 e. The molecule has 0 aliphatic carbocycles. The number of hydrazine groups is 1. The molecule has 1 amide bonds. The van der Waals surface area contributed by atoms with Gasteiger partial charge in [-0.15, -0.1) is 0 Å². The first kappa shape index (κ1) is 21.5. The Bertz CT molecular complexity index is 1120. The highest BCUT2D eigenvalue weighted by atomic mass is 16.5. The van der Waals surface area contributed by atoms with Crippen LogP contribution in [-0.2, 0) is 4.79 Å². The average molecular weight is 446 g/mol. The van der Waals surface area contributed by atoms with Crippen LogP contribution in [0.2, 0.25) is 0 Å². The zero-order valence-corrected chi connectivity index (χ0v) is 18.1. The number of ether oxygens (including phenoxy) is 1. The molecule has 7 nitrogen and oxygen atoms in total. The van der Waals surface area contributed by atoms with Crippen LogP contribution in [0.4, 0.5) is 0 Å². The second-order valence-electron chi connectivity index (χ2n) is 8.42. The Kier molecular flexibility index (Phi) is 6.00. The number of phenolic OH excluding ortho intramolecular Hbond substituents is 1. The molecule has 0 saturated carbocycles. The number of amides is 1. The van der Waals surface area contributed by atoms with Gasteiger partial charge in [-0.25, -0.2) is 10.9 Å². The third-order valence-corrected chi connectivity index (χ3v) is 6.42. The summed E-state index contributed by atoms with van der Waals surface area (Å²) in [7, 11) is 0. The van der Waals surface area contributed by atoms with E-state index >= 15 is 0 Å². The second kappa shape index (κ2) is 9.23. The lowest BCUT2D eigenvalue weighted by atomic mass is 9.83. The lowest BCUT2D eigenvalue weighted by Gasteiger charge is -2.31. The fourth-order valence-electron chi connectivity index (χ4n) is 4.99. The average Bonchev–Trinajstić information content (AvgIpc) is 3.37. The van der Waals surface area contributed by atoms with Crippen molar-refractivity contribution in [2.75, 3.05) is 13.2 Å². The van der Waals surface area contributed by atoms with Gasteiger partial charge in [0.1, 0.15) is 23.3 Å². The molecule has 4 unspecified atom stereocenters. The molecule has 2 fully saturated rings. The van der Waals surface area contributed by atoms with Crippen LogP contribution >= 0.6 is 0 Å². The number of nitrogens with one attached hydrogen (secondary N) is 2. The summed E-state index contributed by atoms with van der Waals surface area (Å²) in [5.74, 6) is 1.45. The van der Waals surface area contributed by atoms with E-state index in [-0.39, 0.29) is 36.3 Å². The van der Waals surface area contributed by atoms with Gasteiger partial charge in [0.25, 0.3) is 0 Å². The molecule has 0 radical (unpaired) electrons. The lowest BCUT2D eigenvalue weighted by molar-refractivity contribution is -0.130. The van der Waals surface area contributed by atoms with E-state index < -0.39 is 6.04 Å². The Morgan fingerprint density at radius 2 is 1.61 bits per heavy atom. The molecule has 0 bridgehead atoms. The standard InChI is InChI=1S/C26H27N3O4/c30-15-7-14-29-25(17-8-6-11-19(16-17)33-18-9-2-1-3-10-18)22-23(27-28-24(22)26(29)32)20-12-4-5-13-21(20)31/h1-6,8-13,16,22-25,27-28,30-31H,7,14-15H2. The third-order valence-electron chi connectivity index (χ3n) is 6.42. The summed E-state index contributed by atoms with van der Waals surface area (Å²) in [6.45, 7) is 0.462. The van der Waals surface area contributed by atoms with Crippen LogP contribution in [0, 0.1) is 5.92 Å². The number of para-hydroxylation sites is 2. The minimum Gasteiger partial charge on any atom is -0.508 e. The molecule has 33 heavy (non-hydrogen) atoms. The summed E-state index contributed by atoms with van der Waals surface area (Å²) in [6, 6.07) is 23.6. The number of carbonyl (C=O) groups excluding carboxylic acids is 1. The number of likely N-dealkylation sites (tertiary alicyclic amines) is 1. The topological polar surface area (TPSA) is 94.1 Å². The summed E-state index contributed by atoms with van der Waals surface area (Å²) in [5.41, 5.74) is 8.10. The van der Waals surface area contributed by atoms with Crippen molar-refractivity contribution in [3.05, 3.63) is 90.0 Å². The molecule has 2 aliphatic rings. The van der Waals surface area contributed by atoms with Gasteiger partial charge >= 0.3 is 0 Å². The summed E-state index contributed by atoms with van der Waals surface area (Å²) >= 11 is 0. The fraction of sp³-hybridized carbons (Fsp3) is 0.269. The van der Waals surface area contributed by atoms with Crippen LogP contribution in [0.25, 0.3) is 0 Å². The molecule has 3 aromatic carbocycles. The Labute approximate surface area is 192 Å². The van der Waals surface area contributed by atoms with E-state index in [0.29, 0.717) is 18.7 Å². The summed E-state index contributed by atoms with van der Waals surface area (Å²) in [4.78, 5) is 15.2. The zero-order chi connectivity index (χ0) is 22.8. The number of nitrogens with zero attached hydrogens (tertiary/aromatic N) is 1. The molecular formula is C26H27N3O4. The Morgan fingerprint density at radius 1 is 0.879 bits per heavy atom. The first-order valence-corrected chi connectivity index (χ1v) is 11.2. The number of rotatable bonds is 7. The summed E-state index contributed by atoms with van der Waals surface area (Å²) < 4.78 is 6.05. The van der Waals surface area contributed by atoms with Crippen LogP contribution in [0.5, 0.6) is 17.2 Å². The van der Waals surface area contributed by atoms with Crippen molar-refractivity contribution in [2.24, 2.45) is 5.92 Å². The van der Waals surface area contributed by atoms with Crippen LogP contribution in [-0.4, -0.2) is 40.2 Å². The molecular weight excluding hydrogens is 418 g/mol. The number of fused-ring (bicyclic) bond motifs is 1. The number of hydrogen-bond donors (Lipinski definition) is 4. The number of aliphatic hydroxyl groups is 1. The van der Waals surface area contributed by atoms with E-state index in [0.717, 1.165) is 16.9 Å². The van der Waals surface area contributed by atoms with E-state index in [9.17, 15) is 15.0 Å². The number of carbonyl (C=O) groups is 1. The van der Waals surface area contributed by atoms with Crippen molar-refractivity contribution in [1.29, 1.82) is 0 Å². The molecule has 0 aromatic heterocycles. The number of hydrogen-bond acceptors (Lipinski definition) is 6.